The van der Waals surface area contributed by atoms with Crippen molar-refractivity contribution in [3.05, 3.63) is 21.1 Å². The highest BCUT2D eigenvalue weighted by atomic mass is 32.1. The van der Waals surface area contributed by atoms with Crippen molar-refractivity contribution < 1.29 is 4.39 Å². The Labute approximate surface area is 95.5 Å². The van der Waals surface area contributed by atoms with Gasteiger partial charge in [-0.05, 0) is 32.1 Å². The van der Waals surface area contributed by atoms with E-state index in [2.05, 4.69) is 20.8 Å². The second-order valence-corrected chi connectivity index (χ2v) is 6.20. The van der Waals surface area contributed by atoms with Crippen molar-refractivity contribution in [3.8, 4) is 0 Å². The van der Waals surface area contributed by atoms with Gasteiger partial charge >= 0.3 is 0 Å². The van der Waals surface area contributed by atoms with Gasteiger partial charge in [0.15, 0.2) is 0 Å². The zero-order valence-electron chi connectivity index (χ0n) is 9.82. The minimum atomic E-state index is 0.00604. The average molecular weight is 226 g/mol. The first-order chi connectivity index (χ1) is 7.06. The van der Waals surface area contributed by atoms with E-state index in [0.717, 1.165) is 36.1 Å². The molecule has 1 aliphatic rings. The Morgan fingerprint density at radius 3 is 2.53 bits per heavy atom. The van der Waals surface area contributed by atoms with Crippen LogP contribution in [-0.2, 0) is 18.3 Å². The molecule has 0 amide bonds. The highest BCUT2D eigenvalue weighted by molar-refractivity contribution is 7.12. The monoisotopic (exact) mass is 226 g/mol. The molecule has 0 saturated carbocycles. The van der Waals surface area contributed by atoms with E-state index in [1.165, 1.54) is 11.3 Å². The summed E-state index contributed by atoms with van der Waals surface area (Å²) in [7, 11) is 0. The maximum Gasteiger partial charge on any atom is 0.141 e. The van der Waals surface area contributed by atoms with E-state index >= 15 is 0 Å². The smallest absolute Gasteiger partial charge is 0.141 e. The van der Waals surface area contributed by atoms with Crippen LogP contribution in [0.3, 0.4) is 0 Å². The Morgan fingerprint density at radius 1 is 1.27 bits per heavy atom. The summed E-state index contributed by atoms with van der Waals surface area (Å²) in [6.07, 6.45) is 5.45. The summed E-state index contributed by atoms with van der Waals surface area (Å²) in [5.41, 5.74) is 1.04. The number of hydrogen-bond acceptors (Lipinski definition) is 1. The van der Waals surface area contributed by atoms with Crippen molar-refractivity contribution in [1.29, 1.82) is 0 Å². The molecule has 2 heteroatoms. The third kappa shape index (κ3) is 1.84. The molecule has 1 aliphatic carbocycles. The van der Waals surface area contributed by atoms with Crippen molar-refractivity contribution in [3.63, 3.8) is 0 Å². The first kappa shape index (κ1) is 11.1. The lowest BCUT2D eigenvalue weighted by molar-refractivity contribution is 0.477. The zero-order chi connectivity index (χ0) is 11.1. The summed E-state index contributed by atoms with van der Waals surface area (Å²) < 4.78 is 14.2. The fraction of sp³-hybridized carbons (Fsp3) is 0.692. The number of fused-ring (bicyclic) bond motifs is 1. The molecule has 2 rings (SSSR count). The number of hydrogen-bond donors (Lipinski definition) is 0. The Hall–Kier alpha value is -0.370. The van der Waals surface area contributed by atoms with Crippen molar-refractivity contribution in [1.82, 2.24) is 0 Å². The molecule has 0 radical (unpaired) electrons. The molecule has 0 N–H and O–H groups in total. The van der Waals surface area contributed by atoms with Gasteiger partial charge in [-0.1, -0.05) is 20.8 Å². The molecule has 1 heterocycles. The Bertz CT molecular complexity index is 363. The minimum Gasteiger partial charge on any atom is -0.205 e. The maximum absolute atomic E-state index is 14.2. The Kier molecular flexibility index (Phi) is 2.89. The summed E-state index contributed by atoms with van der Waals surface area (Å²) in [6, 6.07) is 0. The van der Waals surface area contributed by atoms with Gasteiger partial charge in [-0.3, -0.25) is 0 Å². The minimum absolute atomic E-state index is 0.00604. The lowest BCUT2D eigenvalue weighted by Crippen LogP contribution is -2.15. The van der Waals surface area contributed by atoms with Crippen molar-refractivity contribution in [2.45, 2.75) is 58.3 Å². The summed E-state index contributed by atoms with van der Waals surface area (Å²) in [4.78, 5) is 2.30. The van der Waals surface area contributed by atoms with Crippen LogP contribution >= 0.6 is 11.3 Å². The molecule has 15 heavy (non-hydrogen) atoms. The molecule has 0 aliphatic heterocycles. The van der Waals surface area contributed by atoms with Crippen LogP contribution in [0.25, 0.3) is 0 Å². The van der Waals surface area contributed by atoms with Gasteiger partial charge in [-0.25, -0.2) is 4.39 Å². The predicted molar refractivity (Wildman–Crippen MR) is 64.2 cm³/mol. The molecule has 0 spiro atoms. The van der Waals surface area contributed by atoms with Crippen LogP contribution in [0.15, 0.2) is 0 Å². The standard InChI is InChI=1S/C13H19FS/c1-4-13(2,3)12-11(14)9-7-5-6-8-10(9)15-12/h4-8H2,1-3H3. The zero-order valence-corrected chi connectivity index (χ0v) is 10.6. The second kappa shape index (κ2) is 3.89. The normalized spacial score (nSPS) is 16.5. The van der Waals surface area contributed by atoms with Gasteiger partial charge < -0.3 is 0 Å². The van der Waals surface area contributed by atoms with Gasteiger partial charge in [0, 0.05) is 20.7 Å². The molecule has 0 bridgehead atoms. The van der Waals surface area contributed by atoms with E-state index in [-0.39, 0.29) is 11.2 Å². The third-order valence-electron chi connectivity index (χ3n) is 3.61. The molecular formula is C13H19FS. The first-order valence-corrected chi connectivity index (χ1v) is 6.68. The van der Waals surface area contributed by atoms with Crippen molar-refractivity contribution in [2.75, 3.05) is 0 Å². The summed E-state index contributed by atoms with van der Waals surface area (Å²) in [5.74, 6) is 0.113. The number of rotatable bonds is 2. The van der Waals surface area contributed by atoms with Crippen LogP contribution < -0.4 is 0 Å². The third-order valence-corrected chi connectivity index (χ3v) is 5.24. The molecule has 0 saturated heterocycles. The molecule has 84 valence electrons. The molecule has 1 aromatic rings. The number of thiophene rings is 1. The van der Waals surface area contributed by atoms with Crippen molar-refractivity contribution >= 4 is 11.3 Å². The van der Waals surface area contributed by atoms with E-state index in [4.69, 9.17) is 0 Å². The van der Waals surface area contributed by atoms with E-state index in [1.807, 2.05) is 0 Å². The van der Waals surface area contributed by atoms with Gasteiger partial charge in [0.05, 0.1) is 0 Å². The fourth-order valence-corrected chi connectivity index (χ4v) is 3.56. The Balaban J connectivity index is 2.46. The molecule has 0 aromatic carbocycles. The maximum atomic E-state index is 14.2. The first-order valence-electron chi connectivity index (χ1n) is 5.86. The summed E-state index contributed by atoms with van der Waals surface area (Å²) in [5, 5.41) is 0. The molecule has 0 nitrogen and oxygen atoms in total. The van der Waals surface area contributed by atoms with Crippen LogP contribution in [0.5, 0.6) is 0 Å². The second-order valence-electron chi connectivity index (χ2n) is 5.09. The topological polar surface area (TPSA) is 0 Å². The molecule has 0 atom stereocenters. The average Bonchev–Trinajstić information content (AvgIpc) is 2.58. The largest absolute Gasteiger partial charge is 0.205 e. The molecule has 0 fully saturated rings. The highest BCUT2D eigenvalue weighted by Gasteiger charge is 2.29. The molecule has 0 unspecified atom stereocenters. The quantitative estimate of drug-likeness (QED) is 0.698. The van der Waals surface area contributed by atoms with E-state index in [0.29, 0.717) is 0 Å². The van der Waals surface area contributed by atoms with Crippen LogP contribution in [0.4, 0.5) is 4.39 Å². The summed E-state index contributed by atoms with van der Waals surface area (Å²) in [6.45, 7) is 6.43. The van der Waals surface area contributed by atoms with Crippen LogP contribution in [-0.4, -0.2) is 0 Å². The fourth-order valence-electron chi connectivity index (χ4n) is 2.12. The lowest BCUT2D eigenvalue weighted by atomic mass is 9.87. The van der Waals surface area contributed by atoms with Gasteiger partial charge in [-0.2, -0.15) is 0 Å². The highest BCUT2D eigenvalue weighted by Crippen LogP contribution is 2.40. The number of halogens is 1. The van der Waals surface area contributed by atoms with E-state index in [1.54, 1.807) is 11.3 Å². The lowest BCUT2D eigenvalue weighted by Gasteiger charge is -2.20. The number of aryl methyl sites for hydroxylation is 1. The SMILES string of the molecule is CCC(C)(C)c1sc2c(c1F)CCCC2. The van der Waals surface area contributed by atoms with Crippen LogP contribution in [0.1, 0.15) is 55.4 Å². The molecule has 1 aromatic heterocycles. The molecular weight excluding hydrogens is 207 g/mol. The van der Waals surface area contributed by atoms with E-state index in [9.17, 15) is 4.39 Å². The van der Waals surface area contributed by atoms with Crippen LogP contribution in [0, 0.1) is 5.82 Å². The van der Waals surface area contributed by atoms with E-state index < -0.39 is 0 Å². The van der Waals surface area contributed by atoms with Crippen LogP contribution in [0.2, 0.25) is 0 Å². The predicted octanol–water partition coefficient (Wildman–Crippen LogP) is 4.45. The Morgan fingerprint density at radius 2 is 1.93 bits per heavy atom. The van der Waals surface area contributed by atoms with Gasteiger partial charge in [0.1, 0.15) is 5.82 Å². The van der Waals surface area contributed by atoms with Gasteiger partial charge in [0.2, 0.25) is 0 Å². The van der Waals surface area contributed by atoms with Gasteiger partial charge in [-0.15, -0.1) is 11.3 Å². The van der Waals surface area contributed by atoms with Gasteiger partial charge in [0.25, 0.3) is 0 Å². The summed E-state index contributed by atoms with van der Waals surface area (Å²) >= 11 is 1.72. The van der Waals surface area contributed by atoms with Crippen molar-refractivity contribution in [2.24, 2.45) is 0 Å².